The summed E-state index contributed by atoms with van der Waals surface area (Å²) in [6.45, 7) is 2.00. The summed E-state index contributed by atoms with van der Waals surface area (Å²) < 4.78 is 0.911. The van der Waals surface area contributed by atoms with Crippen molar-refractivity contribution in [1.82, 2.24) is 0 Å². The Hall–Kier alpha value is -1.16. The van der Waals surface area contributed by atoms with Crippen molar-refractivity contribution in [2.45, 2.75) is 19.8 Å². The van der Waals surface area contributed by atoms with Crippen LogP contribution in [0, 0.1) is 17.8 Å². The van der Waals surface area contributed by atoms with Gasteiger partial charge in [-0.2, -0.15) is 0 Å². The van der Waals surface area contributed by atoms with E-state index < -0.39 is 11.9 Å². The van der Waals surface area contributed by atoms with Gasteiger partial charge in [-0.1, -0.05) is 35.0 Å². The molecular weight excluding hydrogens is 296 g/mol. The Morgan fingerprint density at radius 1 is 1.17 bits per heavy atom. The molecule has 0 spiro atoms. The highest BCUT2D eigenvalue weighted by molar-refractivity contribution is 9.10. The van der Waals surface area contributed by atoms with Gasteiger partial charge in [0.15, 0.2) is 5.78 Å². The normalized spacial score (nSPS) is 27.1. The standard InChI is InChI=1S/C14H15BrO3/c1-8-6-11(12(7-8)14(17)18)13(16)9-2-4-10(15)5-3-9/h2-5,8,11-12H,6-7H2,1H3,(H,17,18). The van der Waals surface area contributed by atoms with Crippen molar-refractivity contribution in [2.75, 3.05) is 0 Å². The van der Waals surface area contributed by atoms with Gasteiger partial charge in [-0.05, 0) is 30.9 Å². The van der Waals surface area contributed by atoms with Gasteiger partial charge in [-0.15, -0.1) is 0 Å². The molecule has 0 radical (unpaired) electrons. The Bertz CT molecular complexity index is 466. The van der Waals surface area contributed by atoms with Crippen LogP contribution in [0.4, 0.5) is 0 Å². The van der Waals surface area contributed by atoms with E-state index in [4.69, 9.17) is 0 Å². The lowest BCUT2D eigenvalue weighted by Crippen LogP contribution is -2.25. The van der Waals surface area contributed by atoms with Gasteiger partial charge in [0.2, 0.25) is 0 Å². The van der Waals surface area contributed by atoms with E-state index in [0.717, 1.165) is 4.47 Å². The fourth-order valence-corrected chi connectivity index (χ4v) is 2.95. The van der Waals surface area contributed by atoms with Gasteiger partial charge in [-0.25, -0.2) is 0 Å². The molecule has 3 atom stereocenters. The first-order chi connectivity index (χ1) is 8.49. The summed E-state index contributed by atoms with van der Waals surface area (Å²) in [5.41, 5.74) is 0.601. The number of ketones is 1. The number of carbonyl (C=O) groups excluding carboxylic acids is 1. The summed E-state index contributed by atoms with van der Waals surface area (Å²) in [5.74, 6) is -1.50. The third-order valence-corrected chi connectivity index (χ3v) is 4.11. The molecule has 0 aromatic heterocycles. The SMILES string of the molecule is CC1CC(C(=O)O)C(C(=O)c2ccc(Br)cc2)C1. The Morgan fingerprint density at radius 2 is 1.72 bits per heavy atom. The summed E-state index contributed by atoms with van der Waals surface area (Å²) in [6.07, 6.45) is 1.27. The van der Waals surface area contributed by atoms with E-state index in [0.29, 0.717) is 24.3 Å². The minimum Gasteiger partial charge on any atom is -0.481 e. The van der Waals surface area contributed by atoms with Crippen LogP contribution in [0.2, 0.25) is 0 Å². The number of carboxylic acids is 1. The topological polar surface area (TPSA) is 54.4 Å². The monoisotopic (exact) mass is 310 g/mol. The number of hydrogen-bond acceptors (Lipinski definition) is 2. The Balaban J connectivity index is 2.22. The number of halogens is 1. The van der Waals surface area contributed by atoms with Crippen LogP contribution in [0.25, 0.3) is 0 Å². The first-order valence-corrected chi connectivity index (χ1v) is 6.81. The molecule has 3 nitrogen and oxygen atoms in total. The van der Waals surface area contributed by atoms with Crippen molar-refractivity contribution in [1.29, 1.82) is 0 Å². The molecule has 1 saturated carbocycles. The zero-order chi connectivity index (χ0) is 13.3. The number of benzene rings is 1. The summed E-state index contributed by atoms with van der Waals surface area (Å²) in [4.78, 5) is 23.5. The van der Waals surface area contributed by atoms with Crippen LogP contribution in [0.3, 0.4) is 0 Å². The number of hydrogen-bond donors (Lipinski definition) is 1. The second kappa shape index (κ2) is 5.22. The second-order valence-electron chi connectivity index (χ2n) is 5.00. The fraction of sp³-hybridized carbons (Fsp3) is 0.429. The second-order valence-corrected chi connectivity index (χ2v) is 5.91. The van der Waals surface area contributed by atoms with E-state index in [9.17, 15) is 14.7 Å². The van der Waals surface area contributed by atoms with Crippen molar-refractivity contribution in [3.8, 4) is 0 Å². The lowest BCUT2D eigenvalue weighted by Gasteiger charge is -2.14. The molecule has 0 bridgehead atoms. The molecular formula is C14H15BrO3. The molecule has 3 unspecified atom stereocenters. The average Bonchev–Trinajstić information content (AvgIpc) is 2.71. The molecule has 1 aromatic rings. The molecule has 1 N–H and O–H groups in total. The van der Waals surface area contributed by atoms with Crippen molar-refractivity contribution >= 4 is 27.7 Å². The smallest absolute Gasteiger partial charge is 0.307 e. The van der Waals surface area contributed by atoms with Crippen molar-refractivity contribution in [3.63, 3.8) is 0 Å². The Kier molecular flexibility index (Phi) is 3.85. The summed E-state index contributed by atoms with van der Waals surface area (Å²) in [5, 5.41) is 9.18. The van der Waals surface area contributed by atoms with Crippen LogP contribution in [0.1, 0.15) is 30.1 Å². The maximum absolute atomic E-state index is 12.3. The number of Topliss-reactive ketones (excluding diaryl/α,β-unsaturated/α-hetero) is 1. The van der Waals surface area contributed by atoms with Crippen molar-refractivity contribution in [3.05, 3.63) is 34.3 Å². The zero-order valence-electron chi connectivity index (χ0n) is 10.1. The minimum atomic E-state index is -0.852. The lowest BCUT2D eigenvalue weighted by atomic mass is 9.88. The van der Waals surface area contributed by atoms with Gasteiger partial charge in [0.25, 0.3) is 0 Å². The van der Waals surface area contributed by atoms with Crippen molar-refractivity contribution < 1.29 is 14.7 Å². The molecule has 0 aliphatic heterocycles. The van der Waals surface area contributed by atoms with E-state index in [1.54, 1.807) is 24.3 Å². The number of carbonyl (C=O) groups is 2. The molecule has 1 aliphatic carbocycles. The van der Waals surface area contributed by atoms with Crippen LogP contribution in [-0.2, 0) is 4.79 Å². The molecule has 4 heteroatoms. The van der Waals surface area contributed by atoms with Crippen LogP contribution in [0.5, 0.6) is 0 Å². The highest BCUT2D eigenvalue weighted by Gasteiger charge is 2.41. The van der Waals surface area contributed by atoms with Gasteiger partial charge in [0, 0.05) is 16.0 Å². The van der Waals surface area contributed by atoms with Gasteiger partial charge in [0.1, 0.15) is 0 Å². The van der Waals surface area contributed by atoms with Crippen molar-refractivity contribution in [2.24, 2.45) is 17.8 Å². The van der Waals surface area contributed by atoms with Gasteiger partial charge in [-0.3, -0.25) is 9.59 Å². The molecule has 2 rings (SSSR count). The van der Waals surface area contributed by atoms with Gasteiger partial charge < -0.3 is 5.11 Å². The predicted molar refractivity (Wildman–Crippen MR) is 71.5 cm³/mol. The summed E-state index contributed by atoms with van der Waals surface area (Å²) >= 11 is 3.32. The van der Waals surface area contributed by atoms with E-state index in [-0.39, 0.29) is 11.7 Å². The first kappa shape index (κ1) is 13.3. The highest BCUT2D eigenvalue weighted by Crippen LogP contribution is 2.38. The summed E-state index contributed by atoms with van der Waals surface area (Å²) in [7, 11) is 0. The summed E-state index contributed by atoms with van der Waals surface area (Å²) in [6, 6.07) is 7.10. The fourth-order valence-electron chi connectivity index (χ4n) is 2.68. The molecule has 0 heterocycles. The van der Waals surface area contributed by atoms with E-state index in [2.05, 4.69) is 15.9 Å². The van der Waals surface area contributed by atoms with E-state index >= 15 is 0 Å². The molecule has 96 valence electrons. The van der Waals surface area contributed by atoms with E-state index in [1.165, 1.54) is 0 Å². The molecule has 1 aromatic carbocycles. The molecule has 18 heavy (non-hydrogen) atoms. The third kappa shape index (κ3) is 2.64. The van der Waals surface area contributed by atoms with Crippen LogP contribution < -0.4 is 0 Å². The lowest BCUT2D eigenvalue weighted by molar-refractivity contribution is -0.142. The number of carboxylic acid groups (broad SMARTS) is 1. The van der Waals surface area contributed by atoms with Crippen LogP contribution >= 0.6 is 15.9 Å². The van der Waals surface area contributed by atoms with Gasteiger partial charge in [0.05, 0.1) is 5.92 Å². The molecule has 1 fully saturated rings. The molecule has 0 saturated heterocycles. The quantitative estimate of drug-likeness (QED) is 0.871. The third-order valence-electron chi connectivity index (χ3n) is 3.58. The first-order valence-electron chi connectivity index (χ1n) is 6.01. The zero-order valence-corrected chi connectivity index (χ0v) is 11.7. The Labute approximate surface area is 114 Å². The maximum Gasteiger partial charge on any atom is 0.307 e. The largest absolute Gasteiger partial charge is 0.481 e. The highest BCUT2D eigenvalue weighted by atomic mass is 79.9. The van der Waals surface area contributed by atoms with Gasteiger partial charge >= 0.3 is 5.97 Å². The molecule has 0 amide bonds. The maximum atomic E-state index is 12.3. The van der Waals surface area contributed by atoms with Crippen LogP contribution in [-0.4, -0.2) is 16.9 Å². The van der Waals surface area contributed by atoms with Crippen LogP contribution in [0.15, 0.2) is 28.7 Å². The van der Waals surface area contributed by atoms with E-state index in [1.807, 2.05) is 6.92 Å². The number of rotatable bonds is 3. The Morgan fingerprint density at radius 3 is 2.28 bits per heavy atom. The number of aliphatic carboxylic acids is 1. The predicted octanol–water partition coefficient (Wildman–Crippen LogP) is 3.38. The minimum absolute atomic E-state index is 0.0424. The average molecular weight is 311 g/mol. The molecule has 1 aliphatic rings.